The van der Waals surface area contributed by atoms with Gasteiger partial charge in [-0.3, -0.25) is 9.78 Å². The first-order chi connectivity index (χ1) is 12.7. The molecule has 5 nitrogen and oxygen atoms in total. The van der Waals surface area contributed by atoms with Crippen LogP contribution in [0.5, 0.6) is 0 Å². The minimum Gasteiger partial charge on any atom is -0.384 e. The van der Waals surface area contributed by atoms with Gasteiger partial charge in [0, 0.05) is 35.9 Å². The van der Waals surface area contributed by atoms with E-state index >= 15 is 0 Å². The number of H-pyrrole nitrogens is 1. The highest BCUT2D eigenvalue weighted by Crippen LogP contribution is 2.38. The molecule has 134 valence electrons. The summed E-state index contributed by atoms with van der Waals surface area (Å²) >= 11 is 0. The Morgan fingerprint density at radius 3 is 2.92 bits per heavy atom. The summed E-state index contributed by atoms with van der Waals surface area (Å²) in [5, 5.41) is 1.24. The molecule has 0 saturated carbocycles. The summed E-state index contributed by atoms with van der Waals surface area (Å²) in [4.78, 5) is 23.1. The summed E-state index contributed by atoms with van der Waals surface area (Å²) in [6.45, 7) is 3.11. The van der Waals surface area contributed by atoms with Crippen molar-refractivity contribution >= 4 is 16.8 Å². The number of aromatic nitrogens is 2. The lowest BCUT2D eigenvalue weighted by molar-refractivity contribution is -0.134. The van der Waals surface area contributed by atoms with Crippen LogP contribution in [-0.2, 0) is 16.0 Å². The molecule has 0 saturated heterocycles. The van der Waals surface area contributed by atoms with Crippen LogP contribution in [0.2, 0.25) is 0 Å². The van der Waals surface area contributed by atoms with E-state index in [9.17, 15) is 4.79 Å². The van der Waals surface area contributed by atoms with Gasteiger partial charge in [-0.15, -0.1) is 0 Å². The van der Waals surface area contributed by atoms with Gasteiger partial charge < -0.3 is 14.6 Å². The normalized spacial score (nSPS) is 16.7. The quantitative estimate of drug-likeness (QED) is 0.785. The average Bonchev–Trinajstić information content (AvgIpc) is 3.04. The van der Waals surface area contributed by atoms with E-state index in [1.807, 2.05) is 36.1 Å². The highest BCUT2D eigenvalue weighted by molar-refractivity contribution is 5.86. The Bertz CT molecular complexity index is 947. The number of nitrogens with zero attached hydrogens (tertiary/aromatic N) is 2. The average molecular weight is 349 g/mol. The number of hydrogen-bond donors (Lipinski definition) is 1. The second kappa shape index (κ2) is 6.92. The number of carbonyl (C=O) groups excluding carboxylic acids is 1. The van der Waals surface area contributed by atoms with Gasteiger partial charge in [0.1, 0.15) is 6.04 Å². The first-order valence-electron chi connectivity index (χ1n) is 9.00. The molecule has 1 N–H and O–H groups in total. The molecule has 4 rings (SSSR count). The molecule has 5 heteroatoms. The van der Waals surface area contributed by atoms with Crippen LogP contribution in [0.1, 0.15) is 35.1 Å². The maximum atomic E-state index is 12.9. The van der Waals surface area contributed by atoms with Crippen molar-refractivity contribution in [3.8, 4) is 0 Å². The highest BCUT2D eigenvalue weighted by atomic mass is 16.5. The van der Waals surface area contributed by atoms with E-state index in [-0.39, 0.29) is 11.9 Å². The van der Waals surface area contributed by atoms with Crippen LogP contribution in [-0.4, -0.2) is 41.0 Å². The van der Waals surface area contributed by atoms with Crippen molar-refractivity contribution in [2.75, 3.05) is 20.3 Å². The van der Waals surface area contributed by atoms with E-state index in [2.05, 4.69) is 23.2 Å². The number of rotatable bonds is 4. The molecule has 1 atom stereocenters. The molecule has 0 fully saturated rings. The fourth-order valence-corrected chi connectivity index (χ4v) is 3.87. The van der Waals surface area contributed by atoms with Gasteiger partial charge in [0.05, 0.1) is 18.7 Å². The molecule has 0 unspecified atom stereocenters. The summed E-state index contributed by atoms with van der Waals surface area (Å²) in [6.07, 6.45) is 1.23. The fraction of sp³-hybridized carbons (Fsp3) is 0.333. The third-order valence-electron chi connectivity index (χ3n) is 5.06. The molecule has 26 heavy (non-hydrogen) atoms. The Kier molecular flexibility index (Phi) is 4.47. The van der Waals surface area contributed by atoms with Gasteiger partial charge in [-0.25, -0.2) is 0 Å². The number of aromatic amines is 1. The third kappa shape index (κ3) is 2.88. The molecule has 1 aromatic carbocycles. The van der Waals surface area contributed by atoms with Gasteiger partial charge in [-0.05, 0) is 37.1 Å². The lowest BCUT2D eigenvalue weighted by Gasteiger charge is -2.35. The van der Waals surface area contributed by atoms with Crippen LogP contribution in [0.25, 0.3) is 10.9 Å². The number of methoxy groups -OCH3 is 1. The second-order valence-electron chi connectivity index (χ2n) is 6.75. The first kappa shape index (κ1) is 16.8. The van der Waals surface area contributed by atoms with E-state index in [0.29, 0.717) is 19.6 Å². The van der Waals surface area contributed by atoms with Crippen LogP contribution in [0.3, 0.4) is 0 Å². The number of nitrogens with one attached hydrogen (secondary N) is 1. The molecule has 1 aliphatic heterocycles. The summed E-state index contributed by atoms with van der Waals surface area (Å²) < 4.78 is 5.11. The Balaban J connectivity index is 1.83. The van der Waals surface area contributed by atoms with Crippen LogP contribution in [0.4, 0.5) is 0 Å². The molecule has 0 bridgehead atoms. The zero-order valence-corrected chi connectivity index (χ0v) is 15.2. The molecular weight excluding hydrogens is 326 g/mol. The number of pyridine rings is 1. The van der Waals surface area contributed by atoms with Crippen molar-refractivity contribution in [2.24, 2.45) is 0 Å². The summed E-state index contributed by atoms with van der Waals surface area (Å²) in [7, 11) is 1.62. The summed E-state index contributed by atoms with van der Waals surface area (Å²) in [6, 6.07) is 14.1. The van der Waals surface area contributed by atoms with E-state index in [1.54, 1.807) is 7.11 Å². The first-order valence-corrected chi connectivity index (χ1v) is 9.00. The van der Waals surface area contributed by atoms with Crippen molar-refractivity contribution in [3.05, 3.63) is 65.1 Å². The van der Waals surface area contributed by atoms with E-state index < -0.39 is 0 Å². The third-order valence-corrected chi connectivity index (χ3v) is 5.06. The Morgan fingerprint density at radius 2 is 2.12 bits per heavy atom. The predicted octanol–water partition coefficient (Wildman–Crippen LogP) is 3.38. The van der Waals surface area contributed by atoms with Gasteiger partial charge in [-0.1, -0.05) is 24.3 Å². The lowest BCUT2D eigenvalue weighted by Crippen LogP contribution is -2.41. The van der Waals surface area contributed by atoms with E-state index in [4.69, 9.17) is 9.72 Å². The van der Waals surface area contributed by atoms with Gasteiger partial charge in [0.2, 0.25) is 5.91 Å². The van der Waals surface area contributed by atoms with E-state index in [1.165, 1.54) is 10.9 Å². The molecule has 0 aliphatic carbocycles. The summed E-state index contributed by atoms with van der Waals surface area (Å²) in [5.41, 5.74) is 5.35. The maximum absolute atomic E-state index is 12.9. The predicted molar refractivity (Wildman–Crippen MR) is 101 cm³/mol. The number of para-hydroxylation sites is 1. The van der Waals surface area contributed by atoms with Crippen molar-refractivity contribution in [1.82, 2.24) is 14.9 Å². The number of fused-ring (bicyclic) bond motifs is 3. The van der Waals surface area contributed by atoms with Crippen LogP contribution in [0.15, 0.2) is 42.5 Å². The molecule has 1 aliphatic rings. The van der Waals surface area contributed by atoms with Gasteiger partial charge in [0.25, 0.3) is 0 Å². The maximum Gasteiger partial charge on any atom is 0.225 e. The monoisotopic (exact) mass is 349 g/mol. The van der Waals surface area contributed by atoms with Gasteiger partial charge in [0.15, 0.2) is 0 Å². The Hall–Kier alpha value is -2.66. The highest BCUT2D eigenvalue weighted by Gasteiger charge is 2.35. The fourth-order valence-electron chi connectivity index (χ4n) is 3.87. The molecular formula is C21H23N3O2. The topological polar surface area (TPSA) is 58.2 Å². The zero-order chi connectivity index (χ0) is 18.1. The van der Waals surface area contributed by atoms with Crippen molar-refractivity contribution < 1.29 is 9.53 Å². The van der Waals surface area contributed by atoms with E-state index in [0.717, 1.165) is 29.0 Å². The summed E-state index contributed by atoms with van der Waals surface area (Å²) in [5.74, 6) is 0.101. The number of benzene rings is 1. The zero-order valence-electron chi connectivity index (χ0n) is 15.2. The van der Waals surface area contributed by atoms with Crippen molar-refractivity contribution in [2.45, 2.75) is 25.8 Å². The minimum absolute atomic E-state index is 0.101. The standard InChI is InChI=1S/C21H23N3O2/c1-14-6-5-9-18(22-14)21-20-16(15-7-3-4-8-17(15)23-20)10-12-24(21)19(25)11-13-26-2/h3-9,21,23H,10-13H2,1-2H3/t21-/m1/s1. The number of hydrogen-bond acceptors (Lipinski definition) is 3. The SMILES string of the molecule is COCCC(=O)N1CCc2c([nH]c3ccccc23)[C@H]1c1cccc(C)n1. The molecule has 1 amide bonds. The largest absolute Gasteiger partial charge is 0.384 e. The molecule has 2 aromatic heterocycles. The van der Waals surface area contributed by atoms with Crippen molar-refractivity contribution in [3.63, 3.8) is 0 Å². The number of aryl methyl sites for hydroxylation is 1. The lowest BCUT2D eigenvalue weighted by atomic mass is 9.94. The number of ether oxygens (including phenoxy) is 1. The van der Waals surface area contributed by atoms with Crippen LogP contribution < -0.4 is 0 Å². The minimum atomic E-state index is -0.185. The number of carbonyl (C=O) groups is 1. The molecule has 0 spiro atoms. The molecule has 0 radical (unpaired) electrons. The Labute approximate surface area is 153 Å². The van der Waals surface area contributed by atoms with Gasteiger partial charge in [-0.2, -0.15) is 0 Å². The van der Waals surface area contributed by atoms with Crippen molar-refractivity contribution in [1.29, 1.82) is 0 Å². The van der Waals surface area contributed by atoms with Crippen LogP contribution >= 0.6 is 0 Å². The van der Waals surface area contributed by atoms with Gasteiger partial charge >= 0.3 is 0 Å². The molecule has 3 heterocycles. The smallest absolute Gasteiger partial charge is 0.225 e. The molecule has 3 aromatic rings. The number of amides is 1. The van der Waals surface area contributed by atoms with Crippen LogP contribution in [0, 0.1) is 6.92 Å². The second-order valence-corrected chi connectivity index (χ2v) is 6.75. The Morgan fingerprint density at radius 1 is 1.27 bits per heavy atom.